The Balaban J connectivity index is 1.48. The van der Waals surface area contributed by atoms with Gasteiger partial charge in [0, 0.05) is 10.0 Å². The molecule has 6 nitrogen and oxygen atoms in total. The molecule has 0 aromatic heterocycles. The summed E-state index contributed by atoms with van der Waals surface area (Å²) in [5.74, 6) is -0.959. The number of fused-ring (bicyclic) bond motifs is 1. The van der Waals surface area contributed by atoms with Crippen LogP contribution in [0.15, 0.2) is 95.0 Å². The van der Waals surface area contributed by atoms with Crippen molar-refractivity contribution in [3.05, 3.63) is 112 Å². The molecule has 0 saturated carbocycles. The van der Waals surface area contributed by atoms with Gasteiger partial charge in [0.15, 0.2) is 0 Å². The van der Waals surface area contributed by atoms with Gasteiger partial charge in [0.05, 0.1) is 5.69 Å². The molecule has 36 heavy (non-hydrogen) atoms. The van der Waals surface area contributed by atoms with Gasteiger partial charge in [-0.3, -0.25) is 14.9 Å². The number of rotatable bonds is 5. The molecule has 0 bridgehead atoms. The van der Waals surface area contributed by atoms with Crippen LogP contribution < -0.4 is 15.0 Å². The van der Waals surface area contributed by atoms with Crippen molar-refractivity contribution in [2.24, 2.45) is 0 Å². The fraction of sp³-hybridized carbons (Fsp3) is 0.0690. The summed E-state index contributed by atoms with van der Waals surface area (Å²) in [5.41, 5.74) is 2.74. The number of aryl methyl sites for hydroxylation is 1. The van der Waals surface area contributed by atoms with Crippen LogP contribution in [0.25, 0.3) is 16.8 Å². The van der Waals surface area contributed by atoms with Gasteiger partial charge in [-0.25, -0.2) is 9.69 Å². The zero-order chi connectivity index (χ0) is 25.2. The highest BCUT2D eigenvalue weighted by molar-refractivity contribution is 9.10. The lowest BCUT2D eigenvalue weighted by Crippen LogP contribution is -2.54. The molecule has 0 spiro atoms. The van der Waals surface area contributed by atoms with E-state index < -0.39 is 17.8 Å². The second-order valence-electron chi connectivity index (χ2n) is 8.40. The van der Waals surface area contributed by atoms with E-state index >= 15 is 0 Å². The Morgan fingerprint density at radius 1 is 0.917 bits per heavy atom. The van der Waals surface area contributed by atoms with Gasteiger partial charge in [-0.15, -0.1) is 0 Å². The zero-order valence-electron chi connectivity index (χ0n) is 19.3. The molecule has 7 heteroatoms. The third-order valence-corrected chi connectivity index (χ3v) is 6.42. The second-order valence-corrected chi connectivity index (χ2v) is 9.32. The first-order valence-corrected chi connectivity index (χ1v) is 12.1. The third-order valence-electron chi connectivity index (χ3n) is 5.93. The fourth-order valence-electron chi connectivity index (χ4n) is 4.08. The van der Waals surface area contributed by atoms with E-state index in [1.807, 2.05) is 55.5 Å². The molecule has 1 fully saturated rings. The maximum absolute atomic E-state index is 13.3. The molecule has 0 unspecified atom stereocenters. The summed E-state index contributed by atoms with van der Waals surface area (Å²) in [5, 5.41) is 4.46. The quantitative estimate of drug-likeness (QED) is 0.243. The standard InChI is InChI=1S/C29H21BrN2O4/c1-18-9-12-23(13-10-18)32-28(34)25(27(33)31-29(32)35)16-21-15-22(30)11-14-26(21)36-17-20-7-4-6-19-5-2-3-8-24(19)20/h2-16H,17H2,1H3,(H,31,33,35)/b25-16+. The maximum Gasteiger partial charge on any atom is 0.335 e. The highest BCUT2D eigenvalue weighted by Gasteiger charge is 2.37. The highest BCUT2D eigenvalue weighted by atomic mass is 79.9. The van der Waals surface area contributed by atoms with Crippen LogP contribution in [-0.2, 0) is 16.2 Å². The first kappa shape index (κ1) is 23.5. The van der Waals surface area contributed by atoms with Crippen LogP contribution in [-0.4, -0.2) is 17.8 Å². The van der Waals surface area contributed by atoms with Crippen LogP contribution >= 0.6 is 15.9 Å². The zero-order valence-corrected chi connectivity index (χ0v) is 20.9. The molecule has 5 rings (SSSR count). The predicted octanol–water partition coefficient (Wildman–Crippen LogP) is 6.16. The van der Waals surface area contributed by atoms with Gasteiger partial charge in [0.1, 0.15) is 17.9 Å². The molecule has 1 saturated heterocycles. The van der Waals surface area contributed by atoms with Crippen molar-refractivity contribution in [3.8, 4) is 5.75 Å². The number of halogens is 1. The Kier molecular flexibility index (Phi) is 6.40. The van der Waals surface area contributed by atoms with E-state index in [0.717, 1.165) is 31.3 Å². The van der Waals surface area contributed by atoms with Crippen molar-refractivity contribution in [1.29, 1.82) is 0 Å². The van der Waals surface area contributed by atoms with Crippen molar-refractivity contribution in [3.63, 3.8) is 0 Å². The summed E-state index contributed by atoms with van der Waals surface area (Å²) in [6, 6.07) is 25.6. The number of ether oxygens (including phenoxy) is 1. The van der Waals surface area contributed by atoms with Crippen LogP contribution in [0, 0.1) is 6.92 Å². The van der Waals surface area contributed by atoms with E-state index in [1.165, 1.54) is 6.08 Å². The Labute approximate surface area is 216 Å². The van der Waals surface area contributed by atoms with Crippen molar-refractivity contribution in [2.75, 3.05) is 4.90 Å². The number of hydrogen-bond acceptors (Lipinski definition) is 4. The van der Waals surface area contributed by atoms with Gasteiger partial charge < -0.3 is 4.74 Å². The van der Waals surface area contributed by atoms with Gasteiger partial charge in [-0.2, -0.15) is 0 Å². The van der Waals surface area contributed by atoms with E-state index in [9.17, 15) is 14.4 Å². The molecule has 0 atom stereocenters. The van der Waals surface area contributed by atoms with Crippen molar-refractivity contribution in [2.45, 2.75) is 13.5 Å². The molecular formula is C29H21BrN2O4. The predicted molar refractivity (Wildman–Crippen MR) is 143 cm³/mol. The molecule has 1 heterocycles. The highest BCUT2D eigenvalue weighted by Crippen LogP contribution is 2.29. The topological polar surface area (TPSA) is 75.7 Å². The van der Waals surface area contributed by atoms with Crippen molar-refractivity contribution in [1.82, 2.24) is 5.32 Å². The number of carbonyl (C=O) groups is 3. The Morgan fingerprint density at radius 3 is 2.47 bits per heavy atom. The third kappa shape index (κ3) is 4.65. The molecule has 0 aliphatic carbocycles. The summed E-state index contributed by atoms with van der Waals surface area (Å²) in [6.07, 6.45) is 1.45. The number of amides is 4. The lowest BCUT2D eigenvalue weighted by Gasteiger charge is -2.26. The molecule has 178 valence electrons. The molecule has 1 N–H and O–H groups in total. The Bertz CT molecular complexity index is 1540. The van der Waals surface area contributed by atoms with Crippen molar-refractivity contribution >= 4 is 56.3 Å². The van der Waals surface area contributed by atoms with Gasteiger partial charge >= 0.3 is 6.03 Å². The van der Waals surface area contributed by atoms with Crippen LogP contribution in [0.4, 0.5) is 10.5 Å². The van der Waals surface area contributed by atoms with Gasteiger partial charge in [-0.1, -0.05) is 76.1 Å². The second kappa shape index (κ2) is 9.79. The van der Waals surface area contributed by atoms with Gasteiger partial charge in [0.2, 0.25) is 0 Å². The molecule has 4 aromatic carbocycles. The number of hydrogen-bond donors (Lipinski definition) is 1. The van der Waals surface area contributed by atoms with E-state index in [0.29, 0.717) is 23.6 Å². The Hall–Kier alpha value is -4.23. The molecular weight excluding hydrogens is 520 g/mol. The van der Waals surface area contributed by atoms with E-state index in [4.69, 9.17) is 4.74 Å². The number of nitrogens with zero attached hydrogens (tertiary/aromatic N) is 1. The summed E-state index contributed by atoms with van der Waals surface area (Å²) >= 11 is 3.45. The molecule has 4 amide bonds. The normalized spacial score (nSPS) is 14.9. The van der Waals surface area contributed by atoms with E-state index in [1.54, 1.807) is 36.4 Å². The summed E-state index contributed by atoms with van der Waals surface area (Å²) in [4.78, 5) is 39.4. The summed E-state index contributed by atoms with van der Waals surface area (Å²) < 4.78 is 6.91. The molecule has 4 aromatic rings. The average Bonchev–Trinajstić information content (AvgIpc) is 2.87. The molecule has 1 aliphatic rings. The number of nitrogens with one attached hydrogen (secondary N) is 1. The van der Waals surface area contributed by atoms with Crippen LogP contribution in [0.2, 0.25) is 0 Å². The monoisotopic (exact) mass is 540 g/mol. The summed E-state index contributed by atoms with van der Waals surface area (Å²) in [6.45, 7) is 2.21. The summed E-state index contributed by atoms with van der Waals surface area (Å²) in [7, 11) is 0. The van der Waals surface area contributed by atoms with E-state index in [-0.39, 0.29) is 5.57 Å². The average molecular weight is 541 g/mol. The number of benzene rings is 4. The smallest absolute Gasteiger partial charge is 0.335 e. The first-order chi connectivity index (χ1) is 17.4. The number of barbiturate groups is 1. The number of anilines is 1. The van der Waals surface area contributed by atoms with E-state index in [2.05, 4.69) is 21.2 Å². The first-order valence-electron chi connectivity index (χ1n) is 11.3. The lowest BCUT2D eigenvalue weighted by molar-refractivity contribution is -0.122. The minimum atomic E-state index is -0.785. The Morgan fingerprint density at radius 2 is 1.67 bits per heavy atom. The minimum Gasteiger partial charge on any atom is -0.488 e. The molecule has 0 radical (unpaired) electrons. The van der Waals surface area contributed by atoms with Crippen LogP contribution in [0.1, 0.15) is 16.7 Å². The van der Waals surface area contributed by atoms with Crippen LogP contribution in [0.5, 0.6) is 5.75 Å². The van der Waals surface area contributed by atoms with Crippen LogP contribution in [0.3, 0.4) is 0 Å². The number of imide groups is 2. The van der Waals surface area contributed by atoms with Gasteiger partial charge in [-0.05, 0) is 59.7 Å². The number of urea groups is 1. The maximum atomic E-state index is 13.3. The van der Waals surface area contributed by atoms with Gasteiger partial charge in [0.25, 0.3) is 11.8 Å². The largest absolute Gasteiger partial charge is 0.488 e. The minimum absolute atomic E-state index is 0.164. The molecule has 1 aliphatic heterocycles. The SMILES string of the molecule is Cc1ccc(N2C(=O)NC(=O)/C(=C\c3cc(Br)ccc3OCc3cccc4ccccc34)C2=O)cc1. The number of carbonyl (C=O) groups excluding carboxylic acids is 3. The van der Waals surface area contributed by atoms with Crippen molar-refractivity contribution < 1.29 is 19.1 Å². The fourth-order valence-corrected chi connectivity index (χ4v) is 4.46. The lowest BCUT2D eigenvalue weighted by atomic mass is 10.0.